The zero-order chi connectivity index (χ0) is 15.1. The van der Waals surface area contributed by atoms with Crippen molar-refractivity contribution in [2.45, 2.75) is 31.7 Å². The highest BCUT2D eigenvalue weighted by molar-refractivity contribution is 5.79. The molecular formula is C16H22N2O3. The largest absolute Gasteiger partial charge is 0.480 e. The van der Waals surface area contributed by atoms with E-state index in [0.717, 1.165) is 19.3 Å². The molecule has 114 valence electrons. The predicted molar refractivity (Wildman–Crippen MR) is 80.0 cm³/mol. The maximum Gasteiger partial charge on any atom is 0.322 e. The van der Waals surface area contributed by atoms with Gasteiger partial charge in [-0.25, -0.2) is 0 Å². The minimum Gasteiger partial charge on any atom is -0.480 e. The second-order valence-electron chi connectivity index (χ2n) is 5.38. The fourth-order valence-corrected chi connectivity index (χ4v) is 2.55. The summed E-state index contributed by atoms with van der Waals surface area (Å²) in [5.74, 6) is -0.826. The Bertz CT molecular complexity index is 476. The van der Waals surface area contributed by atoms with E-state index >= 15 is 0 Å². The molecule has 0 aliphatic carbocycles. The van der Waals surface area contributed by atoms with Crippen LogP contribution in [-0.4, -0.2) is 47.6 Å². The van der Waals surface area contributed by atoms with Gasteiger partial charge in [0, 0.05) is 26.1 Å². The number of carboxylic acid groups (broad SMARTS) is 1. The van der Waals surface area contributed by atoms with Crippen LogP contribution in [0.25, 0.3) is 0 Å². The van der Waals surface area contributed by atoms with Crippen LogP contribution in [0.15, 0.2) is 30.3 Å². The monoisotopic (exact) mass is 290 g/mol. The Hall–Kier alpha value is -1.88. The first-order valence-corrected chi connectivity index (χ1v) is 7.44. The molecule has 0 radical (unpaired) electrons. The van der Waals surface area contributed by atoms with E-state index < -0.39 is 12.0 Å². The maximum absolute atomic E-state index is 12.1. The van der Waals surface area contributed by atoms with Crippen molar-refractivity contribution in [3.8, 4) is 0 Å². The molecule has 1 amide bonds. The van der Waals surface area contributed by atoms with Gasteiger partial charge in [-0.05, 0) is 24.8 Å². The van der Waals surface area contributed by atoms with Crippen LogP contribution in [0.4, 0.5) is 0 Å². The van der Waals surface area contributed by atoms with E-state index in [1.54, 1.807) is 4.90 Å². The van der Waals surface area contributed by atoms with E-state index in [1.807, 2.05) is 18.2 Å². The number of carboxylic acids is 1. The molecule has 1 heterocycles. The summed E-state index contributed by atoms with van der Waals surface area (Å²) in [7, 11) is 0. The Balaban J connectivity index is 1.68. The quantitative estimate of drug-likeness (QED) is 0.775. The zero-order valence-electron chi connectivity index (χ0n) is 12.1. The van der Waals surface area contributed by atoms with Crippen LogP contribution in [0.1, 0.15) is 24.8 Å². The minimum absolute atomic E-state index is 0.0656. The number of hydrogen-bond donors (Lipinski definition) is 2. The van der Waals surface area contributed by atoms with E-state index in [9.17, 15) is 9.59 Å². The van der Waals surface area contributed by atoms with Gasteiger partial charge in [-0.2, -0.15) is 0 Å². The van der Waals surface area contributed by atoms with Crippen LogP contribution < -0.4 is 5.32 Å². The summed E-state index contributed by atoms with van der Waals surface area (Å²) in [6.45, 7) is 1.42. The molecule has 2 N–H and O–H groups in total. The predicted octanol–water partition coefficient (Wildman–Crippen LogP) is 1.28. The molecule has 0 aromatic heterocycles. The number of nitrogens with one attached hydrogen (secondary N) is 1. The highest BCUT2D eigenvalue weighted by Gasteiger charge is 2.27. The number of aryl methyl sites for hydroxylation is 1. The molecule has 1 aromatic carbocycles. The van der Waals surface area contributed by atoms with Gasteiger partial charge in [0.25, 0.3) is 0 Å². The Morgan fingerprint density at radius 3 is 2.71 bits per heavy atom. The Morgan fingerprint density at radius 1 is 1.24 bits per heavy atom. The molecule has 1 aliphatic heterocycles. The number of unbranched alkanes of at least 4 members (excludes halogenated alkanes) is 1. The molecule has 5 heteroatoms. The van der Waals surface area contributed by atoms with Gasteiger partial charge in [0.05, 0.1) is 0 Å². The number of aliphatic carboxylic acids is 1. The molecule has 0 bridgehead atoms. The standard InChI is InChI=1S/C16H22N2O3/c19-15(18-11-10-17-14(12-18)16(20)21)9-5-4-8-13-6-2-1-3-7-13/h1-3,6-7,14,17H,4-5,8-12H2,(H,20,21). The molecular weight excluding hydrogens is 268 g/mol. The second kappa shape index (κ2) is 7.78. The number of hydrogen-bond acceptors (Lipinski definition) is 3. The first-order valence-electron chi connectivity index (χ1n) is 7.44. The van der Waals surface area contributed by atoms with Gasteiger partial charge in [-0.1, -0.05) is 30.3 Å². The van der Waals surface area contributed by atoms with Crippen molar-refractivity contribution in [2.24, 2.45) is 0 Å². The second-order valence-corrected chi connectivity index (χ2v) is 5.38. The highest BCUT2D eigenvalue weighted by Crippen LogP contribution is 2.09. The summed E-state index contributed by atoms with van der Waals surface area (Å²) < 4.78 is 0. The number of piperazine rings is 1. The summed E-state index contributed by atoms with van der Waals surface area (Å²) in [4.78, 5) is 24.7. The Morgan fingerprint density at radius 2 is 2.00 bits per heavy atom. The average molecular weight is 290 g/mol. The zero-order valence-corrected chi connectivity index (χ0v) is 12.1. The van der Waals surface area contributed by atoms with Crippen molar-refractivity contribution in [3.63, 3.8) is 0 Å². The lowest BCUT2D eigenvalue weighted by Crippen LogP contribution is -2.55. The van der Waals surface area contributed by atoms with Gasteiger partial charge in [-0.15, -0.1) is 0 Å². The van der Waals surface area contributed by atoms with Gasteiger partial charge >= 0.3 is 5.97 Å². The van der Waals surface area contributed by atoms with E-state index in [0.29, 0.717) is 19.5 Å². The first-order chi connectivity index (χ1) is 10.2. The van der Waals surface area contributed by atoms with E-state index in [-0.39, 0.29) is 12.5 Å². The van der Waals surface area contributed by atoms with E-state index in [2.05, 4.69) is 17.4 Å². The molecule has 1 unspecified atom stereocenters. The lowest BCUT2D eigenvalue weighted by molar-refractivity contribution is -0.142. The third-order valence-electron chi connectivity index (χ3n) is 3.78. The number of amides is 1. The summed E-state index contributed by atoms with van der Waals surface area (Å²) in [6.07, 6.45) is 3.30. The molecule has 1 aromatic rings. The number of benzene rings is 1. The molecule has 1 atom stereocenters. The number of carbonyl (C=O) groups is 2. The van der Waals surface area contributed by atoms with Crippen molar-refractivity contribution in [1.82, 2.24) is 10.2 Å². The van der Waals surface area contributed by atoms with E-state index in [4.69, 9.17) is 5.11 Å². The molecule has 0 spiro atoms. The number of nitrogens with zero attached hydrogens (tertiary/aromatic N) is 1. The molecule has 21 heavy (non-hydrogen) atoms. The number of rotatable bonds is 6. The highest BCUT2D eigenvalue weighted by atomic mass is 16.4. The van der Waals surface area contributed by atoms with Crippen molar-refractivity contribution in [1.29, 1.82) is 0 Å². The van der Waals surface area contributed by atoms with Crippen molar-refractivity contribution in [2.75, 3.05) is 19.6 Å². The summed E-state index contributed by atoms with van der Waals surface area (Å²) in [6, 6.07) is 9.59. The molecule has 1 aliphatic rings. The third-order valence-corrected chi connectivity index (χ3v) is 3.78. The smallest absolute Gasteiger partial charge is 0.322 e. The van der Waals surface area contributed by atoms with Crippen LogP contribution in [0.3, 0.4) is 0 Å². The number of carbonyl (C=O) groups excluding carboxylic acids is 1. The maximum atomic E-state index is 12.1. The van der Waals surface area contributed by atoms with Gasteiger partial charge in [0.15, 0.2) is 0 Å². The van der Waals surface area contributed by atoms with Crippen molar-refractivity contribution >= 4 is 11.9 Å². The molecule has 2 rings (SSSR count). The molecule has 1 saturated heterocycles. The summed E-state index contributed by atoms with van der Waals surface area (Å²) in [5.41, 5.74) is 1.29. The van der Waals surface area contributed by atoms with Crippen molar-refractivity contribution < 1.29 is 14.7 Å². The fourth-order valence-electron chi connectivity index (χ4n) is 2.55. The molecule has 5 nitrogen and oxygen atoms in total. The lowest BCUT2D eigenvalue weighted by atomic mass is 10.1. The Kier molecular flexibility index (Phi) is 5.75. The van der Waals surface area contributed by atoms with Gasteiger partial charge in [0.1, 0.15) is 6.04 Å². The lowest BCUT2D eigenvalue weighted by Gasteiger charge is -2.31. The van der Waals surface area contributed by atoms with Gasteiger partial charge in [-0.3, -0.25) is 9.59 Å². The van der Waals surface area contributed by atoms with Crippen molar-refractivity contribution in [3.05, 3.63) is 35.9 Å². The molecule has 1 fully saturated rings. The SMILES string of the molecule is O=C(O)C1CN(C(=O)CCCCc2ccccc2)CCN1. The Labute approximate surface area is 125 Å². The van der Waals surface area contributed by atoms with Crippen LogP contribution in [-0.2, 0) is 16.0 Å². The third kappa shape index (κ3) is 4.86. The summed E-state index contributed by atoms with van der Waals surface area (Å²) in [5, 5.41) is 11.9. The topological polar surface area (TPSA) is 69.6 Å². The average Bonchev–Trinajstić information content (AvgIpc) is 2.52. The first kappa shape index (κ1) is 15.5. The van der Waals surface area contributed by atoms with Crippen LogP contribution in [0.5, 0.6) is 0 Å². The normalized spacial score (nSPS) is 18.5. The van der Waals surface area contributed by atoms with Gasteiger partial charge in [0.2, 0.25) is 5.91 Å². The minimum atomic E-state index is -0.892. The van der Waals surface area contributed by atoms with Crippen LogP contribution in [0.2, 0.25) is 0 Å². The summed E-state index contributed by atoms with van der Waals surface area (Å²) >= 11 is 0. The van der Waals surface area contributed by atoms with E-state index in [1.165, 1.54) is 5.56 Å². The molecule has 0 saturated carbocycles. The van der Waals surface area contributed by atoms with Crippen LogP contribution >= 0.6 is 0 Å². The van der Waals surface area contributed by atoms with Crippen LogP contribution in [0, 0.1) is 0 Å². The fraction of sp³-hybridized carbons (Fsp3) is 0.500. The van der Waals surface area contributed by atoms with Gasteiger partial charge < -0.3 is 15.3 Å².